The van der Waals surface area contributed by atoms with Crippen LogP contribution in [0.5, 0.6) is 23.0 Å². The fourth-order valence-corrected chi connectivity index (χ4v) is 6.51. The van der Waals surface area contributed by atoms with Crippen LogP contribution >= 0.6 is 31.9 Å². The molecule has 0 heterocycles. The van der Waals surface area contributed by atoms with E-state index in [9.17, 15) is 10.2 Å². The van der Waals surface area contributed by atoms with Crippen LogP contribution in [-0.4, -0.2) is 23.4 Å². The van der Waals surface area contributed by atoms with E-state index in [1.165, 1.54) is 0 Å². The number of halogens is 2. The van der Waals surface area contributed by atoms with E-state index in [1.54, 1.807) is 0 Å². The normalized spacial score (nSPS) is 12.7. The summed E-state index contributed by atoms with van der Waals surface area (Å²) < 4.78 is 14.5. The highest BCUT2D eigenvalue weighted by molar-refractivity contribution is 9.10. The molecule has 8 bridgehead atoms. The van der Waals surface area contributed by atoms with E-state index in [0.29, 0.717) is 50.4 Å². The number of ether oxygens (including phenoxy) is 2. The van der Waals surface area contributed by atoms with Crippen LogP contribution in [-0.2, 0) is 25.7 Å². The first kappa shape index (κ1) is 28.6. The number of phenolic OH excluding ortho intramolecular Hbond substituents is 2. The number of aromatic hydroxyl groups is 2. The molecule has 5 rings (SSSR count). The molecule has 4 aromatic rings. The van der Waals surface area contributed by atoms with Gasteiger partial charge in [-0.3, -0.25) is 0 Å². The summed E-state index contributed by atoms with van der Waals surface area (Å²) in [5, 5.41) is 23.0. The van der Waals surface area contributed by atoms with Crippen molar-refractivity contribution in [2.75, 3.05) is 13.2 Å². The fraction of sp³-hybridized carbons (Fsp3) is 0.294. The molecule has 1 aliphatic rings. The third-order valence-corrected chi connectivity index (χ3v) is 8.16. The van der Waals surface area contributed by atoms with Crippen molar-refractivity contribution in [1.82, 2.24) is 0 Å². The van der Waals surface area contributed by atoms with E-state index in [2.05, 4.69) is 70.0 Å². The average molecular weight is 666 g/mol. The summed E-state index contributed by atoms with van der Waals surface area (Å²) in [6.07, 6.45) is 3.82. The van der Waals surface area contributed by atoms with Crippen LogP contribution in [0.25, 0.3) is 0 Å². The summed E-state index contributed by atoms with van der Waals surface area (Å²) in [7, 11) is 0. The summed E-state index contributed by atoms with van der Waals surface area (Å²) in [5.41, 5.74) is 7.32. The zero-order valence-electron chi connectivity index (χ0n) is 22.9. The first-order valence-electron chi connectivity index (χ1n) is 13.9. The van der Waals surface area contributed by atoms with Gasteiger partial charge >= 0.3 is 0 Å². The molecule has 0 atom stereocenters. The summed E-state index contributed by atoms with van der Waals surface area (Å²) in [6, 6.07) is 20.2. The van der Waals surface area contributed by atoms with Gasteiger partial charge < -0.3 is 19.7 Å². The van der Waals surface area contributed by atoms with Gasteiger partial charge in [0.2, 0.25) is 0 Å². The maximum atomic E-state index is 11.5. The van der Waals surface area contributed by atoms with Gasteiger partial charge in [-0.25, -0.2) is 0 Å². The Hall–Kier alpha value is -2.96. The Kier molecular flexibility index (Phi) is 9.07. The molecule has 0 fully saturated rings. The van der Waals surface area contributed by atoms with Crippen molar-refractivity contribution in [2.45, 2.75) is 52.4 Å². The smallest absolute Gasteiger partial charge is 0.126 e. The summed E-state index contributed by atoms with van der Waals surface area (Å²) in [4.78, 5) is 0. The van der Waals surface area contributed by atoms with E-state index in [0.717, 1.165) is 77.8 Å². The molecule has 208 valence electrons. The lowest BCUT2D eigenvalue weighted by Crippen LogP contribution is -2.07. The van der Waals surface area contributed by atoms with Crippen LogP contribution < -0.4 is 9.47 Å². The Labute approximate surface area is 253 Å². The maximum Gasteiger partial charge on any atom is 0.126 e. The zero-order valence-corrected chi connectivity index (χ0v) is 26.1. The quantitative estimate of drug-likeness (QED) is 0.190. The van der Waals surface area contributed by atoms with Gasteiger partial charge in [0.25, 0.3) is 0 Å². The van der Waals surface area contributed by atoms with Crippen molar-refractivity contribution in [1.29, 1.82) is 0 Å². The van der Waals surface area contributed by atoms with Crippen molar-refractivity contribution < 1.29 is 19.7 Å². The fourth-order valence-electron chi connectivity index (χ4n) is 5.41. The van der Waals surface area contributed by atoms with E-state index in [1.807, 2.05) is 36.4 Å². The monoisotopic (exact) mass is 664 g/mol. The minimum atomic E-state index is 0.295. The molecule has 0 radical (unpaired) electrons. The van der Waals surface area contributed by atoms with Gasteiger partial charge in [0.15, 0.2) is 0 Å². The van der Waals surface area contributed by atoms with Crippen molar-refractivity contribution in [3.8, 4) is 23.0 Å². The summed E-state index contributed by atoms with van der Waals surface area (Å²) in [5.74, 6) is 2.22. The van der Waals surface area contributed by atoms with Gasteiger partial charge in [0.1, 0.15) is 23.0 Å². The molecule has 4 aromatic carbocycles. The molecule has 0 saturated carbocycles. The second-order valence-electron chi connectivity index (χ2n) is 10.4. The van der Waals surface area contributed by atoms with E-state index < -0.39 is 0 Å². The van der Waals surface area contributed by atoms with E-state index in [4.69, 9.17) is 9.47 Å². The molecule has 4 nitrogen and oxygen atoms in total. The van der Waals surface area contributed by atoms with Gasteiger partial charge in [-0.05, 0) is 59.4 Å². The first-order valence-corrected chi connectivity index (χ1v) is 15.4. The standard InChI is InChI=1S/C34H34Br2O4/c1-3-11-39-33-25-13-21-7-5-9-23(31(21)37)15-27-19-30(36)20-28(34(27)40-12-4-2)16-24-10-6-8-22(32(24)38)14-26(33)18-29(35)17-25/h5-10,17-20,37-38H,3-4,11-16H2,1-2H3. The van der Waals surface area contributed by atoms with Crippen molar-refractivity contribution in [3.05, 3.63) is 114 Å². The molecule has 0 amide bonds. The first-order chi connectivity index (χ1) is 19.4. The Balaban J connectivity index is 1.74. The highest BCUT2D eigenvalue weighted by atomic mass is 79.9. The van der Waals surface area contributed by atoms with Crippen molar-refractivity contribution >= 4 is 31.9 Å². The van der Waals surface area contributed by atoms with E-state index in [-0.39, 0.29) is 0 Å². The molecule has 6 heteroatoms. The second kappa shape index (κ2) is 12.7. The van der Waals surface area contributed by atoms with Gasteiger partial charge in [0.05, 0.1) is 13.2 Å². The molecular weight excluding hydrogens is 632 g/mol. The largest absolute Gasteiger partial charge is 0.507 e. The van der Waals surface area contributed by atoms with Gasteiger partial charge in [-0.15, -0.1) is 0 Å². The number of hydrogen-bond acceptors (Lipinski definition) is 4. The van der Waals surface area contributed by atoms with Crippen LogP contribution in [0.3, 0.4) is 0 Å². The molecule has 40 heavy (non-hydrogen) atoms. The average Bonchev–Trinajstić information content (AvgIpc) is 2.91. The Bertz CT molecular complexity index is 1320. The third-order valence-electron chi connectivity index (χ3n) is 7.25. The lowest BCUT2D eigenvalue weighted by Gasteiger charge is -2.21. The van der Waals surface area contributed by atoms with Gasteiger partial charge in [-0.1, -0.05) is 82.1 Å². The number of fused-ring (bicyclic) bond motifs is 8. The topological polar surface area (TPSA) is 58.9 Å². The third kappa shape index (κ3) is 6.18. The Morgan fingerprint density at radius 3 is 1.12 bits per heavy atom. The van der Waals surface area contributed by atoms with Gasteiger partial charge in [-0.2, -0.15) is 0 Å². The molecule has 1 aliphatic carbocycles. The highest BCUT2D eigenvalue weighted by Gasteiger charge is 2.21. The van der Waals surface area contributed by atoms with Crippen LogP contribution in [0.2, 0.25) is 0 Å². The Morgan fingerprint density at radius 1 is 0.550 bits per heavy atom. The summed E-state index contributed by atoms with van der Waals surface area (Å²) in [6.45, 7) is 5.35. The molecule has 2 N–H and O–H groups in total. The van der Waals surface area contributed by atoms with Crippen LogP contribution in [0.15, 0.2) is 69.6 Å². The van der Waals surface area contributed by atoms with Crippen LogP contribution in [0.1, 0.15) is 71.2 Å². The zero-order chi connectivity index (χ0) is 28.2. The summed E-state index contributed by atoms with van der Waals surface area (Å²) >= 11 is 7.40. The molecule has 0 aromatic heterocycles. The maximum absolute atomic E-state index is 11.5. The SMILES string of the molecule is CCCOc1c2cc(Br)cc1Cc1cccc(c1O)Cc1cc(Br)cc(c1OCCC)Cc1cccc(c1O)C2. The molecule has 0 saturated heterocycles. The van der Waals surface area contributed by atoms with Crippen molar-refractivity contribution in [2.24, 2.45) is 0 Å². The van der Waals surface area contributed by atoms with Crippen LogP contribution in [0, 0.1) is 0 Å². The number of rotatable bonds is 6. The minimum absolute atomic E-state index is 0.295. The number of hydrogen-bond donors (Lipinski definition) is 2. The van der Waals surface area contributed by atoms with E-state index >= 15 is 0 Å². The Morgan fingerprint density at radius 2 is 0.850 bits per heavy atom. The second-order valence-corrected chi connectivity index (χ2v) is 12.2. The highest BCUT2D eigenvalue weighted by Crippen LogP contribution is 2.40. The predicted octanol–water partition coefficient (Wildman–Crippen LogP) is 8.88. The molecule has 0 unspecified atom stereocenters. The van der Waals surface area contributed by atoms with Crippen LogP contribution in [0.4, 0.5) is 0 Å². The molecule has 0 spiro atoms. The molecule has 0 aliphatic heterocycles. The number of para-hydroxylation sites is 2. The number of phenols is 2. The predicted molar refractivity (Wildman–Crippen MR) is 167 cm³/mol. The lowest BCUT2D eigenvalue weighted by molar-refractivity contribution is 0.311. The molecular formula is C34H34Br2O4. The minimum Gasteiger partial charge on any atom is -0.507 e. The van der Waals surface area contributed by atoms with Gasteiger partial charge in [0, 0.05) is 56.9 Å². The van der Waals surface area contributed by atoms with Crippen molar-refractivity contribution in [3.63, 3.8) is 0 Å². The number of benzene rings is 4. The lowest BCUT2D eigenvalue weighted by atomic mass is 9.91.